The number of aliphatic hydroxyl groups is 1. The molecule has 4 aromatic rings. The Kier molecular flexibility index (Phi) is 8.73. The van der Waals surface area contributed by atoms with E-state index in [-0.39, 0.29) is 5.91 Å². The van der Waals surface area contributed by atoms with Crippen LogP contribution < -0.4 is 15.7 Å². The third-order valence-electron chi connectivity index (χ3n) is 6.71. The molecule has 37 heavy (non-hydrogen) atoms. The molecule has 0 aliphatic carbocycles. The number of likely N-dealkylation sites (N-methyl/N-ethyl adjacent to an activating group) is 1. The van der Waals surface area contributed by atoms with Gasteiger partial charge >= 0.3 is 0 Å². The Bertz CT molecular complexity index is 1270. The smallest absolute Gasteiger partial charge is 0.240 e. The number of carbonyl (C=O) groups excluding carboxylic acids is 1. The van der Waals surface area contributed by atoms with Crippen molar-refractivity contribution in [2.45, 2.75) is 31.5 Å². The van der Waals surface area contributed by atoms with Crippen LogP contribution in [-0.4, -0.2) is 35.0 Å². The summed E-state index contributed by atoms with van der Waals surface area (Å²) in [6, 6.07) is 36.2. The summed E-state index contributed by atoms with van der Waals surface area (Å²) in [6.45, 7) is 1.82. The maximum absolute atomic E-state index is 14.7. The summed E-state index contributed by atoms with van der Waals surface area (Å²) in [6.07, 6.45) is -0.510. The molecule has 0 bridgehead atoms. The number of rotatable bonds is 10. The zero-order valence-electron chi connectivity index (χ0n) is 21.1. The van der Waals surface area contributed by atoms with Crippen molar-refractivity contribution in [1.82, 2.24) is 9.99 Å². The number of nitrogens with zero attached hydrogens (tertiary/aromatic N) is 1. The minimum absolute atomic E-state index is 0.238. The minimum Gasteiger partial charge on any atom is -0.386 e. The van der Waals surface area contributed by atoms with E-state index in [0.29, 0.717) is 17.0 Å². The van der Waals surface area contributed by atoms with Crippen LogP contribution in [-0.2, 0) is 15.8 Å². The van der Waals surface area contributed by atoms with Gasteiger partial charge in [0.2, 0.25) is 13.2 Å². The second-order valence-corrected chi connectivity index (χ2v) is 11.7. The molecule has 4 rings (SSSR count). The predicted octanol–water partition coefficient (Wildman–Crippen LogP) is 4.70. The van der Waals surface area contributed by atoms with E-state index < -0.39 is 25.5 Å². The number of carbonyl (C=O) groups is 1. The average Bonchev–Trinajstić information content (AvgIpc) is 2.97. The van der Waals surface area contributed by atoms with Crippen LogP contribution in [0.4, 0.5) is 0 Å². The van der Waals surface area contributed by atoms with Crippen LogP contribution in [0.25, 0.3) is 0 Å². The topological polar surface area (TPSA) is 69.6 Å². The van der Waals surface area contributed by atoms with Crippen molar-refractivity contribution in [2.75, 3.05) is 7.05 Å². The lowest BCUT2D eigenvalue weighted by atomic mass is 10.0. The quantitative estimate of drug-likeness (QED) is 0.303. The lowest BCUT2D eigenvalue weighted by Gasteiger charge is -2.34. The van der Waals surface area contributed by atoms with E-state index in [0.717, 1.165) is 11.1 Å². The van der Waals surface area contributed by atoms with Crippen LogP contribution in [0.1, 0.15) is 24.2 Å². The second kappa shape index (κ2) is 12.2. The highest BCUT2D eigenvalue weighted by atomic mass is 31.2. The molecule has 0 aliphatic heterocycles. The van der Waals surface area contributed by atoms with E-state index in [1.165, 1.54) is 0 Å². The number of hydrogen-bond acceptors (Lipinski definition) is 3. The predicted molar refractivity (Wildman–Crippen MR) is 150 cm³/mol. The Balaban J connectivity index is 1.70. The molecular weight excluding hydrogens is 479 g/mol. The molecule has 3 atom stereocenters. The average molecular weight is 513 g/mol. The zero-order valence-corrected chi connectivity index (χ0v) is 22.0. The van der Waals surface area contributed by atoms with E-state index in [2.05, 4.69) is 5.09 Å². The van der Waals surface area contributed by atoms with Gasteiger partial charge in [-0.25, -0.2) is 5.09 Å². The van der Waals surface area contributed by atoms with Crippen molar-refractivity contribution < 1.29 is 14.5 Å². The van der Waals surface area contributed by atoms with Crippen LogP contribution in [0, 0.1) is 0 Å². The highest BCUT2D eigenvalue weighted by molar-refractivity contribution is 7.77. The fraction of sp³-hybridized carbons (Fsp3) is 0.194. The van der Waals surface area contributed by atoms with Gasteiger partial charge in [0.25, 0.3) is 0 Å². The van der Waals surface area contributed by atoms with E-state index >= 15 is 0 Å². The molecule has 2 N–H and O–H groups in total. The number of benzene rings is 4. The van der Waals surface area contributed by atoms with E-state index in [9.17, 15) is 14.5 Å². The van der Waals surface area contributed by atoms with Gasteiger partial charge in [0.05, 0.1) is 18.2 Å². The van der Waals surface area contributed by atoms with E-state index in [1.54, 1.807) is 11.9 Å². The second-order valence-electron chi connectivity index (χ2n) is 9.20. The van der Waals surface area contributed by atoms with Gasteiger partial charge in [-0.3, -0.25) is 9.36 Å². The molecule has 0 saturated carbocycles. The van der Waals surface area contributed by atoms with Crippen LogP contribution in [0.3, 0.4) is 0 Å². The Labute approximate surface area is 219 Å². The van der Waals surface area contributed by atoms with Gasteiger partial charge in [-0.2, -0.15) is 0 Å². The Morgan fingerprint density at radius 2 is 1.22 bits per heavy atom. The summed E-state index contributed by atoms with van der Waals surface area (Å²) in [4.78, 5) is 15.6. The molecule has 0 fully saturated rings. The highest BCUT2D eigenvalue weighted by Gasteiger charge is 2.36. The first-order chi connectivity index (χ1) is 17.9. The summed E-state index contributed by atoms with van der Waals surface area (Å²) >= 11 is 0. The first-order valence-electron chi connectivity index (χ1n) is 12.4. The summed E-state index contributed by atoms with van der Waals surface area (Å²) in [7, 11) is -1.69. The molecule has 0 saturated heterocycles. The molecule has 0 aromatic heterocycles. The molecule has 6 heteroatoms. The van der Waals surface area contributed by atoms with Crippen LogP contribution in [0.15, 0.2) is 121 Å². The molecule has 0 spiro atoms. The normalized spacial score (nSPS) is 13.9. The van der Waals surface area contributed by atoms with Crippen molar-refractivity contribution in [1.29, 1.82) is 0 Å². The maximum atomic E-state index is 14.7. The fourth-order valence-electron chi connectivity index (χ4n) is 4.42. The summed E-state index contributed by atoms with van der Waals surface area (Å²) in [5, 5.41) is 15.6. The Hall–Kier alpha value is -3.50. The standard InChI is InChI=1S/C31H33N2O3P/c1-24(30(34)26-17-9-4-10-18-26)33(2)31(35)29(23-25-15-7-3-8-16-25)32-37(36,27-19-11-5-12-20-27)28-21-13-6-14-22-28/h3-22,24,29-30,34H,23H2,1-2H3,(H,32,36)/t24-,29-,30+/m0/s1. The largest absolute Gasteiger partial charge is 0.386 e. The fourth-order valence-corrected chi connectivity index (χ4v) is 6.84. The van der Waals surface area contributed by atoms with Crippen molar-refractivity contribution in [3.05, 3.63) is 132 Å². The summed E-state index contributed by atoms with van der Waals surface area (Å²) in [5.74, 6) is -0.238. The van der Waals surface area contributed by atoms with Crippen molar-refractivity contribution in [2.24, 2.45) is 0 Å². The molecule has 190 valence electrons. The third-order valence-corrected chi connectivity index (χ3v) is 9.44. The molecule has 0 heterocycles. The molecular formula is C31H33N2O3P. The van der Waals surface area contributed by atoms with Crippen molar-refractivity contribution in [3.8, 4) is 0 Å². The van der Waals surface area contributed by atoms with Gasteiger partial charge in [-0.05, 0) is 48.7 Å². The number of aliphatic hydroxyl groups excluding tert-OH is 1. The van der Waals surface area contributed by atoms with Crippen LogP contribution >= 0.6 is 7.29 Å². The monoisotopic (exact) mass is 512 g/mol. The Morgan fingerprint density at radius 3 is 1.70 bits per heavy atom. The summed E-state index contributed by atoms with van der Waals surface area (Å²) in [5.41, 5.74) is 1.69. The number of amides is 1. The first-order valence-corrected chi connectivity index (χ1v) is 14.1. The molecule has 0 aliphatic rings. The lowest BCUT2D eigenvalue weighted by Crippen LogP contribution is -2.51. The molecule has 0 radical (unpaired) electrons. The number of nitrogens with one attached hydrogen (secondary N) is 1. The van der Waals surface area contributed by atoms with Crippen LogP contribution in [0.2, 0.25) is 0 Å². The van der Waals surface area contributed by atoms with Gasteiger partial charge in [0.15, 0.2) is 0 Å². The molecule has 0 unspecified atom stereocenters. The number of hydrogen-bond donors (Lipinski definition) is 2. The van der Waals surface area contributed by atoms with Gasteiger partial charge < -0.3 is 10.0 Å². The van der Waals surface area contributed by atoms with Gasteiger partial charge in [-0.1, -0.05) is 97.1 Å². The van der Waals surface area contributed by atoms with Crippen LogP contribution in [0.5, 0.6) is 0 Å². The maximum Gasteiger partial charge on any atom is 0.240 e. The van der Waals surface area contributed by atoms with Crippen molar-refractivity contribution in [3.63, 3.8) is 0 Å². The highest BCUT2D eigenvalue weighted by Crippen LogP contribution is 2.40. The van der Waals surface area contributed by atoms with Gasteiger partial charge in [0.1, 0.15) is 0 Å². The zero-order chi connectivity index (χ0) is 26.3. The molecule has 1 amide bonds. The third kappa shape index (κ3) is 6.26. The molecule has 4 aromatic carbocycles. The minimum atomic E-state index is -3.38. The lowest BCUT2D eigenvalue weighted by molar-refractivity contribution is -0.135. The SMILES string of the molecule is C[C@@H]([C@@H](O)c1ccccc1)N(C)C(=O)[C@H](Cc1ccccc1)NP(=O)(c1ccccc1)c1ccccc1. The summed E-state index contributed by atoms with van der Waals surface area (Å²) < 4.78 is 14.7. The van der Waals surface area contributed by atoms with Gasteiger partial charge in [0, 0.05) is 17.7 Å². The van der Waals surface area contributed by atoms with E-state index in [1.807, 2.05) is 128 Å². The van der Waals surface area contributed by atoms with Crippen molar-refractivity contribution >= 4 is 23.8 Å². The first kappa shape index (κ1) is 26.6. The Morgan fingerprint density at radius 1 is 0.784 bits per heavy atom. The molecule has 5 nitrogen and oxygen atoms in total. The van der Waals surface area contributed by atoms with E-state index in [4.69, 9.17) is 0 Å². The van der Waals surface area contributed by atoms with Gasteiger partial charge in [-0.15, -0.1) is 0 Å².